The van der Waals surface area contributed by atoms with E-state index in [1.165, 1.54) is 13.8 Å². The third-order valence-corrected chi connectivity index (χ3v) is 4.35. The van der Waals surface area contributed by atoms with Crippen LogP contribution in [0, 0.1) is 0 Å². The molecule has 30 heavy (non-hydrogen) atoms. The van der Waals surface area contributed by atoms with Crippen LogP contribution < -0.4 is 0 Å². The summed E-state index contributed by atoms with van der Waals surface area (Å²) >= 11 is 0. The quantitative estimate of drug-likeness (QED) is 0.185. The Balaban J connectivity index is 2.15. The van der Waals surface area contributed by atoms with Gasteiger partial charge in [-0.2, -0.15) is 0 Å². The van der Waals surface area contributed by atoms with Gasteiger partial charge in [-0.3, -0.25) is 14.4 Å². The Kier molecular flexibility index (Phi) is 8.81. The number of carbonyl (C=O) groups excluding carboxylic acids is 3. The SMILES string of the molecule is CC(=O)OC[C@H]1OC(O)[C@H](OC(C)=O)[C@@H]1O[C@@H]1C[C@@H](OC(C)=O)C[C@H](CN=[N+]=[N-])O1. The summed E-state index contributed by atoms with van der Waals surface area (Å²) < 4.78 is 32.3. The van der Waals surface area contributed by atoms with Gasteiger partial charge in [-0.15, -0.1) is 0 Å². The molecule has 0 radical (unpaired) electrons. The second kappa shape index (κ2) is 11.1. The van der Waals surface area contributed by atoms with Crippen LogP contribution in [0.2, 0.25) is 0 Å². The van der Waals surface area contributed by atoms with Crippen molar-refractivity contribution in [2.24, 2.45) is 5.11 Å². The van der Waals surface area contributed by atoms with Crippen molar-refractivity contribution in [3.63, 3.8) is 0 Å². The number of hydrogen-bond donors (Lipinski definition) is 1. The number of hydrogen-bond acceptors (Lipinski definition) is 11. The first-order valence-corrected chi connectivity index (χ1v) is 9.32. The van der Waals surface area contributed by atoms with Crippen LogP contribution in [0.4, 0.5) is 0 Å². The maximum absolute atomic E-state index is 11.4. The van der Waals surface area contributed by atoms with Gasteiger partial charge < -0.3 is 33.5 Å². The fourth-order valence-corrected chi connectivity index (χ4v) is 3.29. The summed E-state index contributed by atoms with van der Waals surface area (Å²) in [6, 6.07) is 0. The molecule has 0 amide bonds. The largest absolute Gasteiger partial charge is 0.463 e. The second-order valence-electron chi connectivity index (χ2n) is 6.85. The standard InChI is InChI=1S/C17H25N3O10/c1-8(21)25-7-13-15(16(17(24)29-13)27-10(3)23)30-14-5-11(26-9(2)22)4-12(28-14)6-19-20-18/h11-17,24H,4-7H2,1-3H3/t11-,12+,13+,14+,15+,16+,17?/m0/s1. The third-order valence-electron chi connectivity index (χ3n) is 4.35. The number of rotatable bonds is 8. The lowest BCUT2D eigenvalue weighted by molar-refractivity contribution is -0.250. The highest BCUT2D eigenvalue weighted by Gasteiger charge is 2.49. The first-order chi connectivity index (χ1) is 14.2. The predicted molar refractivity (Wildman–Crippen MR) is 95.4 cm³/mol. The van der Waals surface area contributed by atoms with E-state index < -0.39 is 61.0 Å². The van der Waals surface area contributed by atoms with Crippen LogP contribution in [0.5, 0.6) is 0 Å². The van der Waals surface area contributed by atoms with E-state index in [0.717, 1.165) is 6.92 Å². The molecule has 0 saturated carbocycles. The first-order valence-electron chi connectivity index (χ1n) is 9.32. The lowest BCUT2D eigenvalue weighted by Gasteiger charge is -2.36. The fraction of sp³-hybridized carbons (Fsp3) is 0.824. The molecule has 13 nitrogen and oxygen atoms in total. The zero-order chi connectivity index (χ0) is 22.3. The Morgan fingerprint density at radius 2 is 1.77 bits per heavy atom. The maximum atomic E-state index is 11.4. The Morgan fingerprint density at radius 1 is 1.07 bits per heavy atom. The molecule has 13 heteroatoms. The molecular formula is C17H25N3O10. The molecule has 2 aliphatic rings. The van der Waals surface area contributed by atoms with E-state index in [1.807, 2.05) is 0 Å². The van der Waals surface area contributed by atoms with Gasteiger partial charge in [0.15, 0.2) is 18.7 Å². The van der Waals surface area contributed by atoms with Gasteiger partial charge in [0.05, 0.1) is 12.6 Å². The predicted octanol–water partition coefficient (Wildman–Crippen LogP) is 0.331. The zero-order valence-corrected chi connectivity index (χ0v) is 16.8. The van der Waals surface area contributed by atoms with Crippen molar-refractivity contribution in [3.8, 4) is 0 Å². The van der Waals surface area contributed by atoms with Crippen molar-refractivity contribution in [1.82, 2.24) is 0 Å². The minimum atomic E-state index is -1.51. The minimum absolute atomic E-state index is 0.0117. The molecule has 0 aromatic carbocycles. The maximum Gasteiger partial charge on any atom is 0.303 e. The lowest BCUT2D eigenvalue weighted by atomic mass is 10.0. The van der Waals surface area contributed by atoms with Crippen molar-refractivity contribution in [1.29, 1.82) is 0 Å². The second-order valence-corrected chi connectivity index (χ2v) is 6.85. The van der Waals surface area contributed by atoms with E-state index in [-0.39, 0.29) is 19.6 Å². The third kappa shape index (κ3) is 7.11. The summed E-state index contributed by atoms with van der Waals surface area (Å²) in [5.74, 6) is -1.73. The van der Waals surface area contributed by atoms with Crippen LogP contribution in [0.3, 0.4) is 0 Å². The van der Waals surface area contributed by atoms with Crippen LogP contribution in [0.15, 0.2) is 5.11 Å². The number of aliphatic hydroxyl groups excluding tert-OH is 1. The molecule has 0 aromatic rings. The van der Waals surface area contributed by atoms with Gasteiger partial charge in [-0.05, 0) is 5.53 Å². The smallest absolute Gasteiger partial charge is 0.303 e. The average molecular weight is 431 g/mol. The summed E-state index contributed by atoms with van der Waals surface area (Å²) in [7, 11) is 0. The molecular weight excluding hydrogens is 406 g/mol. The van der Waals surface area contributed by atoms with E-state index in [4.69, 9.17) is 34.0 Å². The molecule has 2 saturated heterocycles. The Bertz CT molecular complexity index is 671. The number of carbonyl (C=O) groups is 3. The Hall–Kier alpha value is -2.44. The van der Waals surface area contributed by atoms with Gasteiger partial charge in [0.1, 0.15) is 24.9 Å². The van der Waals surface area contributed by atoms with E-state index in [0.29, 0.717) is 6.42 Å². The molecule has 168 valence electrons. The average Bonchev–Trinajstić information content (AvgIpc) is 2.92. The van der Waals surface area contributed by atoms with E-state index in [2.05, 4.69) is 10.0 Å². The van der Waals surface area contributed by atoms with Crippen LogP contribution in [0.1, 0.15) is 33.6 Å². The van der Waals surface area contributed by atoms with Crippen molar-refractivity contribution in [2.75, 3.05) is 13.2 Å². The minimum Gasteiger partial charge on any atom is -0.463 e. The molecule has 2 fully saturated rings. The van der Waals surface area contributed by atoms with E-state index in [9.17, 15) is 19.5 Å². The zero-order valence-electron chi connectivity index (χ0n) is 16.8. The van der Waals surface area contributed by atoms with Crippen molar-refractivity contribution in [3.05, 3.63) is 10.4 Å². The highest BCUT2D eigenvalue weighted by atomic mass is 16.7. The number of nitrogens with zero attached hydrogens (tertiary/aromatic N) is 3. The van der Waals surface area contributed by atoms with Crippen LogP contribution in [0.25, 0.3) is 10.4 Å². The number of aliphatic hydroxyl groups is 1. The van der Waals surface area contributed by atoms with Crippen molar-refractivity contribution < 1.29 is 47.9 Å². The topological polar surface area (TPSA) is 176 Å². The molecule has 1 N–H and O–H groups in total. The normalized spacial score (nSPS) is 33.3. The monoisotopic (exact) mass is 431 g/mol. The van der Waals surface area contributed by atoms with Gasteiger partial charge in [0.25, 0.3) is 0 Å². The molecule has 7 atom stereocenters. The molecule has 1 unspecified atom stereocenters. The summed E-state index contributed by atoms with van der Waals surface area (Å²) in [5, 5.41) is 13.6. The number of ether oxygens (including phenoxy) is 6. The summed E-state index contributed by atoms with van der Waals surface area (Å²) in [6.07, 6.45) is -6.35. The molecule has 2 rings (SSSR count). The molecule has 0 aliphatic carbocycles. The summed E-state index contributed by atoms with van der Waals surface area (Å²) in [6.45, 7) is 3.37. The van der Waals surface area contributed by atoms with Crippen molar-refractivity contribution >= 4 is 17.9 Å². The van der Waals surface area contributed by atoms with Crippen LogP contribution in [-0.4, -0.2) is 79.3 Å². The molecule has 2 aliphatic heterocycles. The van der Waals surface area contributed by atoms with E-state index >= 15 is 0 Å². The highest BCUT2D eigenvalue weighted by Crippen LogP contribution is 2.31. The van der Waals surface area contributed by atoms with Gasteiger partial charge in [0.2, 0.25) is 0 Å². The van der Waals surface area contributed by atoms with Gasteiger partial charge in [0, 0.05) is 38.5 Å². The Morgan fingerprint density at radius 3 is 2.37 bits per heavy atom. The summed E-state index contributed by atoms with van der Waals surface area (Å²) in [5.41, 5.74) is 8.54. The van der Waals surface area contributed by atoms with Crippen LogP contribution >= 0.6 is 0 Å². The number of esters is 3. The fourth-order valence-electron chi connectivity index (χ4n) is 3.29. The van der Waals surface area contributed by atoms with Gasteiger partial charge >= 0.3 is 17.9 Å². The van der Waals surface area contributed by atoms with E-state index in [1.54, 1.807) is 0 Å². The molecule has 0 bridgehead atoms. The molecule has 2 heterocycles. The van der Waals surface area contributed by atoms with Crippen LogP contribution in [-0.2, 0) is 42.8 Å². The number of azide groups is 1. The summed E-state index contributed by atoms with van der Waals surface area (Å²) in [4.78, 5) is 36.6. The molecule has 0 aromatic heterocycles. The van der Waals surface area contributed by atoms with Crippen molar-refractivity contribution in [2.45, 2.75) is 76.7 Å². The Labute approximate surface area is 172 Å². The van der Waals surface area contributed by atoms with Gasteiger partial charge in [-0.25, -0.2) is 0 Å². The lowest BCUT2D eigenvalue weighted by Crippen LogP contribution is -2.47. The molecule has 0 spiro atoms. The highest BCUT2D eigenvalue weighted by molar-refractivity contribution is 5.66. The van der Waals surface area contributed by atoms with Gasteiger partial charge in [-0.1, -0.05) is 5.11 Å². The first kappa shape index (κ1) is 23.8.